The molecule has 0 atom stereocenters. The SMILES string of the molecule is CCCc1nc(NC(=O)c2cccc(N3CCCC3=O)c2)sc1CC. The number of nitrogens with zero attached hydrogens (tertiary/aromatic N) is 2. The summed E-state index contributed by atoms with van der Waals surface area (Å²) in [5.41, 5.74) is 2.42. The van der Waals surface area contributed by atoms with Crippen LogP contribution in [0.1, 0.15) is 54.0 Å². The van der Waals surface area contributed by atoms with E-state index >= 15 is 0 Å². The molecule has 0 radical (unpaired) electrons. The molecule has 1 saturated heterocycles. The number of rotatable bonds is 6. The summed E-state index contributed by atoms with van der Waals surface area (Å²) >= 11 is 1.54. The number of hydrogen-bond acceptors (Lipinski definition) is 4. The van der Waals surface area contributed by atoms with Gasteiger partial charge in [0.2, 0.25) is 5.91 Å². The quantitative estimate of drug-likeness (QED) is 0.849. The Balaban J connectivity index is 1.76. The lowest BCUT2D eigenvalue weighted by molar-refractivity contribution is -0.117. The average Bonchev–Trinajstić information content (AvgIpc) is 3.21. The van der Waals surface area contributed by atoms with E-state index in [1.54, 1.807) is 28.4 Å². The number of thiazole rings is 1. The van der Waals surface area contributed by atoms with Crippen LogP contribution >= 0.6 is 11.3 Å². The van der Waals surface area contributed by atoms with Crippen LogP contribution in [0.5, 0.6) is 0 Å². The predicted octanol–water partition coefficient (Wildman–Crippen LogP) is 4.04. The Hall–Kier alpha value is -2.21. The normalized spacial score (nSPS) is 14.2. The molecule has 2 amide bonds. The molecule has 0 aliphatic carbocycles. The van der Waals surface area contributed by atoms with Gasteiger partial charge in [-0.2, -0.15) is 0 Å². The maximum atomic E-state index is 12.6. The summed E-state index contributed by atoms with van der Waals surface area (Å²) in [6.45, 7) is 4.95. The molecular weight excluding hydrogens is 334 g/mol. The summed E-state index contributed by atoms with van der Waals surface area (Å²) in [6.07, 6.45) is 4.34. The molecule has 1 aromatic heterocycles. The molecule has 1 N–H and O–H groups in total. The van der Waals surface area contributed by atoms with Gasteiger partial charge in [-0.05, 0) is 37.5 Å². The zero-order chi connectivity index (χ0) is 17.8. The average molecular weight is 357 g/mol. The highest BCUT2D eigenvalue weighted by Gasteiger charge is 2.22. The fraction of sp³-hybridized carbons (Fsp3) is 0.421. The molecule has 0 unspecified atom stereocenters. The van der Waals surface area contributed by atoms with Crippen molar-refractivity contribution in [2.75, 3.05) is 16.8 Å². The number of carbonyl (C=O) groups is 2. The Bertz CT molecular complexity index is 785. The number of hydrogen-bond donors (Lipinski definition) is 1. The van der Waals surface area contributed by atoms with E-state index in [4.69, 9.17) is 0 Å². The van der Waals surface area contributed by atoms with E-state index in [2.05, 4.69) is 24.1 Å². The molecule has 1 aliphatic rings. The van der Waals surface area contributed by atoms with Crippen LogP contribution < -0.4 is 10.2 Å². The van der Waals surface area contributed by atoms with Crippen LogP contribution in [0, 0.1) is 0 Å². The van der Waals surface area contributed by atoms with E-state index in [1.165, 1.54) is 4.88 Å². The number of carbonyl (C=O) groups excluding carboxylic acids is 2. The number of amides is 2. The number of nitrogens with one attached hydrogen (secondary N) is 1. The highest BCUT2D eigenvalue weighted by atomic mass is 32.1. The van der Waals surface area contributed by atoms with Crippen LogP contribution in [0.25, 0.3) is 0 Å². The lowest BCUT2D eigenvalue weighted by atomic mass is 10.2. The second-order valence-corrected chi connectivity index (χ2v) is 7.23. The molecule has 5 nitrogen and oxygen atoms in total. The summed E-state index contributed by atoms with van der Waals surface area (Å²) in [6, 6.07) is 7.23. The second-order valence-electron chi connectivity index (χ2n) is 6.15. The van der Waals surface area contributed by atoms with Gasteiger partial charge in [0.1, 0.15) is 0 Å². The molecule has 0 bridgehead atoms. The van der Waals surface area contributed by atoms with Gasteiger partial charge in [-0.3, -0.25) is 14.9 Å². The van der Waals surface area contributed by atoms with Gasteiger partial charge in [-0.25, -0.2) is 4.98 Å². The van der Waals surface area contributed by atoms with E-state index in [0.717, 1.165) is 43.6 Å². The monoisotopic (exact) mass is 357 g/mol. The van der Waals surface area contributed by atoms with Crippen molar-refractivity contribution in [1.29, 1.82) is 0 Å². The smallest absolute Gasteiger partial charge is 0.257 e. The molecule has 0 spiro atoms. The lowest BCUT2D eigenvalue weighted by Crippen LogP contribution is -2.24. The minimum Gasteiger partial charge on any atom is -0.312 e. The van der Waals surface area contributed by atoms with Gasteiger partial charge in [-0.15, -0.1) is 11.3 Å². The first-order valence-corrected chi connectivity index (χ1v) is 9.64. The van der Waals surface area contributed by atoms with Crippen LogP contribution in [-0.2, 0) is 17.6 Å². The summed E-state index contributed by atoms with van der Waals surface area (Å²) < 4.78 is 0. The number of anilines is 2. The van der Waals surface area contributed by atoms with Crippen molar-refractivity contribution in [2.45, 2.75) is 46.0 Å². The Labute approximate surface area is 152 Å². The van der Waals surface area contributed by atoms with Crippen molar-refractivity contribution in [3.8, 4) is 0 Å². The Kier molecular flexibility index (Phi) is 5.48. The highest BCUT2D eigenvalue weighted by Crippen LogP contribution is 2.26. The highest BCUT2D eigenvalue weighted by molar-refractivity contribution is 7.15. The Morgan fingerprint density at radius 3 is 2.88 bits per heavy atom. The fourth-order valence-corrected chi connectivity index (χ4v) is 3.99. The van der Waals surface area contributed by atoms with Crippen molar-refractivity contribution in [2.24, 2.45) is 0 Å². The van der Waals surface area contributed by atoms with Crippen molar-refractivity contribution in [3.63, 3.8) is 0 Å². The minimum atomic E-state index is -0.187. The molecule has 25 heavy (non-hydrogen) atoms. The van der Waals surface area contributed by atoms with Gasteiger partial charge < -0.3 is 4.90 Å². The van der Waals surface area contributed by atoms with Crippen LogP contribution in [0.2, 0.25) is 0 Å². The molecule has 0 saturated carbocycles. The zero-order valence-electron chi connectivity index (χ0n) is 14.7. The van der Waals surface area contributed by atoms with Gasteiger partial charge in [0.25, 0.3) is 5.91 Å². The van der Waals surface area contributed by atoms with Gasteiger partial charge in [-0.1, -0.05) is 26.3 Å². The maximum Gasteiger partial charge on any atom is 0.257 e. The molecule has 1 aromatic carbocycles. The zero-order valence-corrected chi connectivity index (χ0v) is 15.5. The predicted molar refractivity (Wildman–Crippen MR) is 101 cm³/mol. The largest absolute Gasteiger partial charge is 0.312 e. The topological polar surface area (TPSA) is 62.3 Å². The first kappa shape index (κ1) is 17.6. The molecule has 2 aromatic rings. The summed E-state index contributed by atoms with van der Waals surface area (Å²) in [4.78, 5) is 32.0. The van der Waals surface area contributed by atoms with Crippen molar-refractivity contribution in [3.05, 3.63) is 40.4 Å². The lowest BCUT2D eigenvalue weighted by Gasteiger charge is -2.16. The van der Waals surface area contributed by atoms with Crippen LogP contribution in [0.15, 0.2) is 24.3 Å². The first-order valence-electron chi connectivity index (χ1n) is 8.82. The van der Waals surface area contributed by atoms with Gasteiger partial charge in [0.05, 0.1) is 5.69 Å². The Morgan fingerprint density at radius 2 is 2.20 bits per heavy atom. The van der Waals surface area contributed by atoms with Crippen LogP contribution in [0.3, 0.4) is 0 Å². The third-order valence-corrected chi connectivity index (χ3v) is 5.46. The van der Waals surface area contributed by atoms with Crippen LogP contribution in [-0.4, -0.2) is 23.3 Å². The summed E-state index contributed by atoms with van der Waals surface area (Å²) in [5, 5.41) is 3.55. The molecule has 2 heterocycles. The van der Waals surface area contributed by atoms with E-state index in [9.17, 15) is 9.59 Å². The number of aryl methyl sites for hydroxylation is 2. The van der Waals surface area contributed by atoms with E-state index in [0.29, 0.717) is 17.1 Å². The van der Waals surface area contributed by atoms with Crippen molar-refractivity contribution < 1.29 is 9.59 Å². The van der Waals surface area contributed by atoms with Crippen molar-refractivity contribution >= 4 is 34.0 Å². The van der Waals surface area contributed by atoms with Gasteiger partial charge in [0.15, 0.2) is 5.13 Å². The maximum absolute atomic E-state index is 12.6. The number of benzene rings is 1. The first-order chi connectivity index (χ1) is 12.1. The van der Waals surface area contributed by atoms with Gasteiger partial charge >= 0.3 is 0 Å². The molecular formula is C19H23N3O2S. The molecule has 1 fully saturated rings. The third kappa shape index (κ3) is 3.90. The molecule has 3 rings (SSSR count). The van der Waals surface area contributed by atoms with E-state index in [-0.39, 0.29) is 11.8 Å². The molecule has 1 aliphatic heterocycles. The molecule has 132 valence electrons. The second kappa shape index (κ2) is 7.78. The fourth-order valence-electron chi connectivity index (χ4n) is 3.05. The number of aromatic nitrogens is 1. The summed E-state index contributed by atoms with van der Waals surface area (Å²) in [7, 11) is 0. The van der Waals surface area contributed by atoms with Crippen LogP contribution in [0.4, 0.5) is 10.8 Å². The summed E-state index contributed by atoms with van der Waals surface area (Å²) in [5.74, 6) is -0.0674. The van der Waals surface area contributed by atoms with Crippen molar-refractivity contribution in [1.82, 2.24) is 4.98 Å². The standard InChI is InChI=1S/C19H23N3O2S/c1-3-7-15-16(4-2)25-19(20-15)21-18(24)13-8-5-9-14(12-13)22-11-6-10-17(22)23/h5,8-9,12H,3-4,6-7,10-11H2,1-2H3,(H,20,21,24). The van der Waals surface area contributed by atoms with E-state index in [1.807, 2.05) is 12.1 Å². The molecule has 6 heteroatoms. The third-order valence-electron chi connectivity index (χ3n) is 4.30. The van der Waals surface area contributed by atoms with E-state index < -0.39 is 0 Å². The Morgan fingerprint density at radius 1 is 1.36 bits per heavy atom. The minimum absolute atomic E-state index is 0.120. The van der Waals surface area contributed by atoms with Gasteiger partial charge in [0, 0.05) is 29.1 Å².